The Morgan fingerprint density at radius 1 is 1.29 bits per heavy atom. The minimum atomic E-state index is -0.406. The Hall–Kier alpha value is -1.75. The van der Waals surface area contributed by atoms with Crippen LogP contribution in [0.4, 0.5) is 10.5 Å². The van der Waals surface area contributed by atoms with Crippen molar-refractivity contribution in [3.63, 3.8) is 0 Å². The van der Waals surface area contributed by atoms with E-state index < -0.39 is 6.09 Å². The predicted molar refractivity (Wildman–Crippen MR) is 82.0 cm³/mol. The van der Waals surface area contributed by atoms with Crippen LogP contribution in [0.25, 0.3) is 0 Å². The smallest absolute Gasteiger partial charge is 0.411 e. The zero-order valence-corrected chi connectivity index (χ0v) is 12.7. The Balaban J connectivity index is 1.62. The monoisotopic (exact) mass is 293 g/mol. The number of anilines is 1. The normalized spacial score (nSPS) is 15.5. The third kappa shape index (κ3) is 5.63. The van der Waals surface area contributed by atoms with Crippen molar-refractivity contribution in [2.24, 2.45) is 0 Å². The van der Waals surface area contributed by atoms with Crippen LogP contribution in [0.2, 0.25) is 0 Å². The fourth-order valence-electron chi connectivity index (χ4n) is 2.64. The number of carbonyl (C=O) groups excluding carboxylic acids is 1. The Morgan fingerprint density at radius 2 is 2.10 bits per heavy atom. The summed E-state index contributed by atoms with van der Waals surface area (Å²) in [7, 11) is 1.60. The summed E-state index contributed by atoms with van der Waals surface area (Å²) in [6, 6.07) is 7.23. The molecular weight excluding hydrogens is 268 g/mol. The number of hydrogen-bond acceptors (Lipinski definition) is 3. The van der Waals surface area contributed by atoms with E-state index in [-0.39, 0.29) is 0 Å². The van der Waals surface area contributed by atoms with Crippen LogP contribution in [0.15, 0.2) is 24.3 Å². The topological polar surface area (TPSA) is 52.0 Å². The molecule has 1 amide bonds. The SMILES string of the molecule is COc1cccc(NC(=O)OCCC[NH+]2CCCCC2)c1. The zero-order valence-electron chi connectivity index (χ0n) is 12.7. The summed E-state index contributed by atoms with van der Waals surface area (Å²) in [5.74, 6) is 0.710. The number of ether oxygens (including phenoxy) is 2. The first-order valence-corrected chi connectivity index (χ1v) is 7.69. The summed E-state index contributed by atoms with van der Waals surface area (Å²) >= 11 is 0. The van der Waals surface area contributed by atoms with Gasteiger partial charge in [0.05, 0.1) is 33.4 Å². The molecule has 0 aliphatic carbocycles. The average molecular weight is 293 g/mol. The largest absolute Gasteiger partial charge is 0.497 e. The van der Waals surface area contributed by atoms with Crippen molar-refractivity contribution in [2.75, 3.05) is 38.7 Å². The van der Waals surface area contributed by atoms with Crippen molar-refractivity contribution in [1.82, 2.24) is 0 Å². The van der Waals surface area contributed by atoms with Crippen molar-refractivity contribution < 1.29 is 19.2 Å². The van der Waals surface area contributed by atoms with Crippen LogP contribution >= 0.6 is 0 Å². The number of amides is 1. The van der Waals surface area contributed by atoms with Gasteiger partial charge in [-0.3, -0.25) is 5.32 Å². The van der Waals surface area contributed by atoms with Gasteiger partial charge < -0.3 is 14.4 Å². The predicted octanol–water partition coefficient (Wildman–Crippen LogP) is 1.70. The van der Waals surface area contributed by atoms with Crippen LogP contribution in [0, 0.1) is 0 Å². The molecule has 21 heavy (non-hydrogen) atoms. The molecule has 1 aromatic carbocycles. The highest BCUT2D eigenvalue weighted by Gasteiger charge is 2.13. The van der Waals surface area contributed by atoms with E-state index >= 15 is 0 Å². The quantitative estimate of drug-likeness (QED) is 0.785. The standard InChI is InChI=1S/C16H24N2O3/c1-20-15-8-5-7-14(13-15)17-16(19)21-12-6-11-18-9-3-2-4-10-18/h5,7-8,13H,2-4,6,9-12H2,1H3,(H,17,19)/p+1. The molecule has 2 N–H and O–H groups in total. The lowest BCUT2D eigenvalue weighted by Gasteiger charge is -2.23. The average Bonchev–Trinajstić information content (AvgIpc) is 2.53. The summed E-state index contributed by atoms with van der Waals surface area (Å²) in [5, 5.41) is 2.71. The van der Waals surface area contributed by atoms with Gasteiger partial charge in [-0.2, -0.15) is 0 Å². The molecular formula is C16H25N2O3+. The molecule has 116 valence electrons. The fourth-order valence-corrected chi connectivity index (χ4v) is 2.64. The second kappa shape index (κ2) is 8.52. The number of quaternary nitrogens is 1. The first-order chi connectivity index (χ1) is 10.3. The number of rotatable bonds is 6. The molecule has 2 rings (SSSR count). The van der Waals surface area contributed by atoms with Crippen molar-refractivity contribution in [3.8, 4) is 5.75 Å². The Morgan fingerprint density at radius 3 is 2.86 bits per heavy atom. The summed E-state index contributed by atoms with van der Waals surface area (Å²) < 4.78 is 10.3. The lowest BCUT2D eigenvalue weighted by atomic mass is 10.1. The number of piperidine rings is 1. The number of likely N-dealkylation sites (tertiary alicyclic amines) is 1. The molecule has 5 heteroatoms. The lowest BCUT2D eigenvalue weighted by Crippen LogP contribution is -3.12. The van der Waals surface area contributed by atoms with Gasteiger partial charge in [-0.1, -0.05) is 6.07 Å². The Bertz CT molecular complexity index is 445. The van der Waals surface area contributed by atoms with E-state index in [2.05, 4.69) is 5.32 Å². The molecule has 1 fully saturated rings. The van der Waals surface area contributed by atoms with Crippen LogP contribution in [0.1, 0.15) is 25.7 Å². The van der Waals surface area contributed by atoms with Crippen LogP contribution < -0.4 is 15.0 Å². The van der Waals surface area contributed by atoms with Gasteiger partial charge in [-0.05, 0) is 31.4 Å². The molecule has 0 atom stereocenters. The maximum Gasteiger partial charge on any atom is 0.411 e. The van der Waals surface area contributed by atoms with E-state index in [0.29, 0.717) is 18.0 Å². The number of methoxy groups -OCH3 is 1. The van der Waals surface area contributed by atoms with Gasteiger partial charge in [0.15, 0.2) is 0 Å². The third-order valence-corrected chi connectivity index (χ3v) is 3.78. The molecule has 0 unspecified atom stereocenters. The van der Waals surface area contributed by atoms with Crippen molar-refractivity contribution >= 4 is 11.8 Å². The summed E-state index contributed by atoms with van der Waals surface area (Å²) in [6.45, 7) is 4.08. The second-order valence-electron chi connectivity index (χ2n) is 5.41. The number of carbonyl (C=O) groups is 1. The molecule has 0 saturated carbocycles. The summed E-state index contributed by atoms with van der Waals surface area (Å²) in [5.41, 5.74) is 0.681. The van der Waals surface area contributed by atoms with E-state index in [0.717, 1.165) is 13.0 Å². The Kier molecular flexibility index (Phi) is 6.34. The zero-order chi connectivity index (χ0) is 14.9. The van der Waals surface area contributed by atoms with Gasteiger partial charge in [-0.25, -0.2) is 4.79 Å². The maximum absolute atomic E-state index is 11.7. The van der Waals surface area contributed by atoms with E-state index in [1.165, 1.54) is 32.4 Å². The molecule has 0 spiro atoms. The van der Waals surface area contributed by atoms with Crippen LogP contribution in [-0.2, 0) is 4.74 Å². The minimum absolute atomic E-state index is 0.406. The highest BCUT2D eigenvalue weighted by Crippen LogP contribution is 2.16. The van der Waals surface area contributed by atoms with Crippen LogP contribution in [0.3, 0.4) is 0 Å². The fraction of sp³-hybridized carbons (Fsp3) is 0.562. The number of nitrogens with one attached hydrogen (secondary N) is 2. The van der Waals surface area contributed by atoms with E-state index in [4.69, 9.17) is 9.47 Å². The van der Waals surface area contributed by atoms with Gasteiger partial charge in [0.1, 0.15) is 5.75 Å². The highest BCUT2D eigenvalue weighted by atomic mass is 16.5. The summed E-state index contributed by atoms with van der Waals surface area (Å²) in [6.07, 6.45) is 4.53. The maximum atomic E-state index is 11.7. The van der Waals surface area contributed by atoms with Gasteiger partial charge >= 0.3 is 6.09 Å². The first-order valence-electron chi connectivity index (χ1n) is 7.69. The van der Waals surface area contributed by atoms with Gasteiger partial charge in [0.2, 0.25) is 0 Å². The van der Waals surface area contributed by atoms with E-state index in [1.54, 1.807) is 18.1 Å². The molecule has 1 heterocycles. The molecule has 0 bridgehead atoms. The highest BCUT2D eigenvalue weighted by molar-refractivity contribution is 5.84. The molecule has 0 aromatic heterocycles. The van der Waals surface area contributed by atoms with Gasteiger partial charge in [-0.15, -0.1) is 0 Å². The van der Waals surface area contributed by atoms with Gasteiger partial charge in [0.25, 0.3) is 0 Å². The van der Waals surface area contributed by atoms with Crippen molar-refractivity contribution in [2.45, 2.75) is 25.7 Å². The number of hydrogen-bond donors (Lipinski definition) is 2. The van der Waals surface area contributed by atoms with Gasteiger partial charge in [0, 0.05) is 18.2 Å². The van der Waals surface area contributed by atoms with E-state index in [9.17, 15) is 4.79 Å². The second-order valence-corrected chi connectivity index (χ2v) is 5.41. The van der Waals surface area contributed by atoms with Crippen LogP contribution in [0.5, 0.6) is 5.75 Å². The Labute approximate surface area is 126 Å². The first kappa shape index (κ1) is 15.6. The van der Waals surface area contributed by atoms with E-state index in [1.807, 2.05) is 18.2 Å². The minimum Gasteiger partial charge on any atom is -0.497 e. The number of benzene rings is 1. The van der Waals surface area contributed by atoms with Crippen molar-refractivity contribution in [3.05, 3.63) is 24.3 Å². The molecule has 5 nitrogen and oxygen atoms in total. The van der Waals surface area contributed by atoms with Crippen LogP contribution in [-0.4, -0.2) is 39.4 Å². The van der Waals surface area contributed by atoms with Crippen molar-refractivity contribution in [1.29, 1.82) is 0 Å². The lowest BCUT2D eigenvalue weighted by molar-refractivity contribution is -0.905. The third-order valence-electron chi connectivity index (χ3n) is 3.78. The molecule has 1 aliphatic rings. The summed E-state index contributed by atoms with van der Waals surface area (Å²) in [4.78, 5) is 13.3. The molecule has 1 aromatic rings. The molecule has 0 radical (unpaired) electrons. The molecule has 1 saturated heterocycles. The molecule has 1 aliphatic heterocycles.